The Morgan fingerprint density at radius 1 is 1.47 bits per heavy atom. The van der Waals surface area contributed by atoms with Crippen LogP contribution in [0.5, 0.6) is 0 Å². The summed E-state index contributed by atoms with van der Waals surface area (Å²) in [6.45, 7) is 3.11. The van der Waals surface area contributed by atoms with E-state index in [0.29, 0.717) is 24.0 Å². The minimum absolute atomic E-state index is 0.0637. The molecule has 1 aliphatic heterocycles. The first-order valence-electron chi connectivity index (χ1n) is 6.52. The van der Waals surface area contributed by atoms with Gasteiger partial charge >= 0.3 is 6.09 Å². The van der Waals surface area contributed by atoms with Gasteiger partial charge in [0.1, 0.15) is 0 Å². The highest BCUT2D eigenvalue weighted by Gasteiger charge is 2.25. The number of piperidine rings is 1. The Morgan fingerprint density at radius 3 is 2.63 bits per heavy atom. The van der Waals surface area contributed by atoms with Gasteiger partial charge in [-0.15, -0.1) is 0 Å². The first kappa shape index (κ1) is 14.2. The Balaban J connectivity index is 2.17. The third-order valence-electron chi connectivity index (χ3n) is 3.74. The Kier molecular flexibility index (Phi) is 4.32. The second kappa shape index (κ2) is 5.80. The monoisotopic (exact) mass is 282 g/mol. The number of carbonyl (C=O) groups is 1. The quantitative estimate of drug-likeness (QED) is 0.875. The van der Waals surface area contributed by atoms with Crippen molar-refractivity contribution >= 4 is 17.7 Å². The van der Waals surface area contributed by atoms with Gasteiger partial charge in [-0.1, -0.05) is 17.7 Å². The van der Waals surface area contributed by atoms with Crippen LogP contribution in [0.1, 0.15) is 42.9 Å². The van der Waals surface area contributed by atoms with Crippen LogP contribution in [0.4, 0.5) is 4.79 Å². The number of likely N-dealkylation sites (tertiary alicyclic amines) is 1. The van der Waals surface area contributed by atoms with Gasteiger partial charge in [0.25, 0.3) is 0 Å². The minimum atomic E-state index is -0.832. The molecule has 0 spiro atoms. The van der Waals surface area contributed by atoms with Crippen LogP contribution < -0.4 is 5.73 Å². The summed E-state index contributed by atoms with van der Waals surface area (Å²) in [6.07, 6.45) is 0.850. The predicted octanol–water partition coefficient (Wildman–Crippen LogP) is 3.22. The standard InChI is InChI=1S/C14H19ClN2O2/c1-9(16)13-8-11(15)2-3-12(13)10-4-6-17(7-5-10)14(18)19/h2-3,8-10H,4-7,16H2,1H3,(H,18,19)/t9-/m0/s1. The van der Waals surface area contributed by atoms with Crippen LogP contribution in [0.2, 0.25) is 5.02 Å². The molecule has 0 radical (unpaired) electrons. The Hall–Kier alpha value is -1.26. The number of amides is 1. The largest absolute Gasteiger partial charge is 0.465 e. The SMILES string of the molecule is C[C@H](N)c1cc(Cl)ccc1C1CCN(C(=O)O)CC1. The first-order valence-corrected chi connectivity index (χ1v) is 6.89. The molecule has 1 aliphatic rings. The second-order valence-corrected chi connectivity index (χ2v) is 5.54. The third-order valence-corrected chi connectivity index (χ3v) is 3.98. The van der Waals surface area contributed by atoms with E-state index in [-0.39, 0.29) is 6.04 Å². The van der Waals surface area contributed by atoms with Gasteiger partial charge in [-0.05, 0) is 48.9 Å². The molecule has 1 amide bonds. The summed E-state index contributed by atoms with van der Waals surface area (Å²) in [6, 6.07) is 5.77. The summed E-state index contributed by atoms with van der Waals surface area (Å²) >= 11 is 6.02. The van der Waals surface area contributed by atoms with Gasteiger partial charge in [-0.3, -0.25) is 0 Å². The molecular weight excluding hydrogens is 264 g/mol. The summed E-state index contributed by atoms with van der Waals surface area (Å²) in [7, 11) is 0. The highest BCUT2D eigenvalue weighted by Crippen LogP contribution is 2.33. The molecule has 2 rings (SSSR count). The number of hydrogen-bond acceptors (Lipinski definition) is 2. The highest BCUT2D eigenvalue weighted by molar-refractivity contribution is 6.30. The lowest BCUT2D eigenvalue weighted by Gasteiger charge is -2.31. The molecule has 1 aromatic rings. The predicted molar refractivity (Wildman–Crippen MR) is 75.6 cm³/mol. The molecule has 1 fully saturated rings. The van der Waals surface area contributed by atoms with Crippen LogP contribution in [0.25, 0.3) is 0 Å². The van der Waals surface area contributed by atoms with Crippen LogP contribution >= 0.6 is 11.6 Å². The minimum Gasteiger partial charge on any atom is -0.465 e. The zero-order valence-corrected chi connectivity index (χ0v) is 11.7. The van der Waals surface area contributed by atoms with E-state index in [1.54, 1.807) is 0 Å². The van der Waals surface area contributed by atoms with E-state index in [9.17, 15) is 4.79 Å². The number of halogens is 1. The van der Waals surface area contributed by atoms with Crippen molar-refractivity contribution in [3.63, 3.8) is 0 Å². The van der Waals surface area contributed by atoms with Gasteiger partial charge in [0.2, 0.25) is 0 Å². The van der Waals surface area contributed by atoms with Crippen molar-refractivity contribution < 1.29 is 9.90 Å². The third kappa shape index (κ3) is 3.19. The summed E-state index contributed by atoms with van der Waals surface area (Å²) < 4.78 is 0. The average Bonchev–Trinajstić information content (AvgIpc) is 2.38. The van der Waals surface area contributed by atoms with Gasteiger partial charge in [-0.25, -0.2) is 4.79 Å². The molecule has 3 N–H and O–H groups in total. The molecule has 5 heteroatoms. The summed E-state index contributed by atoms with van der Waals surface area (Å²) in [5.41, 5.74) is 8.29. The number of rotatable bonds is 2. The van der Waals surface area contributed by atoms with Crippen molar-refractivity contribution in [2.45, 2.75) is 31.7 Å². The lowest BCUT2D eigenvalue weighted by atomic mass is 9.85. The van der Waals surface area contributed by atoms with Crippen LogP contribution in [-0.2, 0) is 0 Å². The van der Waals surface area contributed by atoms with E-state index in [2.05, 4.69) is 0 Å². The Labute approximate surface area is 118 Å². The van der Waals surface area contributed by atoms with Gasteiger partial charge in [-0.2, -0.15) is 0 Å². The maximum atomic E-state index is 10.9. The van der Waals surface area contributed by atoms with Crippen molar-refractivity contribution in [3.8, 4) is 0 Å². The Bertz CT molecular complexity index is 469. The number of nitrogens with two attached hydrogens (primary N) is 1. The summed E-state index contributed by atoms with van der Waals surface area (Å²) in [4.78, 5) is 12.4. The van der Waals surface area contributed by atoms with E-state index in [0.717, 1.165) is 18.4 Å². The topological polar surface area (TPSA) is 66.6 Å². The van der Waals surface area contributed by atoms with Crippen molar-refractivity contribution in [1.29, 1.82) is 0 Å². The maximum absolute atomic E-state index is 10.9. The molecule has 0 bridgehead atoms. The average molecular weight is 283 g/mol. The van der Waals surface area contributed by atoms with Gasteiger partial charge in [0, 0.05) is 24.2 Å². The fourth-order valence-electron chi connectivity index (χ4n) is 2.69. The number of hydrogen-bond donors (Lipinski definition) is 2. The van der Waals surface area contributed by atoms with E-state index in [4.69, 9.17) is 22.4 Å². The van der Waals surface area contributed by atoms with Crippen molar-refractivity contribution in [2.24, 2.45) is 5.73 Å². The molecular formula is C14H19ClN2O2. The van der Waals surface area contributed by atoms with Gasteiger partial charge < -0.3 is 15.7 Å². The van der Waals surface area contributed by atoms with Crippen LogP contribution in [0, 0.1) is 0 Å². The van der Waals surface area contributed by atoms with Crippen molar-refractivity contribution in [1.82, 2.24) is 4.90 Å². The number of benzene rings is 1. The molecule has 19 heavy (non-hydrogen) atoms. The zero-order chi connectivity index (χ0) is 14.0. The highest BCUT2D eigenvalue weighted by atomic mass is 35.5. The molecule has 0 unspecified atom stereocenters. The molecule has 0 aliphatic carbocycles. The van der Waals surface area contributed by atoms with Crippen molar-refractivity contribution in [2.75, 3.05) is 13.1 Å². The summed E-state index contributed by atoms with van der Waals surface area (Å²) in [5.74, 6) is 0.369. The maximum Gasteiger partial charge on any atom is 0.407 e. The van der Waals surface area contributed by atoms with E-state index in [1.165, 1.54) is 10.5 Å². The normalized spacial score (nSPS) is 18.4. The van der Waals surface area contributed by atoms with E-state index in [1.807, 2.05) is 25.1 Å². The zero-order valence-electron chi connectivity index (χ0n) is 11.0. The molecule has 1 saturated heterocycles. The van der Waals surface area contributed by atoms with Crippen LogP contribution in [-0.4, -0.2) is 29.2 Å². The molecule has 1 atom stereocenters. The number of carboxylic acid groups (broad SMARTS) is 1. The fourth-order valence-corrected chi connectivity index (χ4v) is 2.87. The van der Waals surface area contributed by atoms with Crippen molar-refractivity contribution in [3.05, 3.63) is 34.3 Å². The molecule has 4 nitrogen and oxygen atoms in total. The fraction of sp³-hybridized carbons (Fsp3) is 0.500. The summed E-state index contributed by atoms with van der Waals surface area (Å²) in [5, 5.41) is 9.66. The van der Waals surface area contributed by atoms with Crippen LogP contribution in [0.15, 0.2) is 18.2 Å². The van der Waals surface area contributed by atoms with Gasteiger partial charge in [0.15, 0.2) is 0 Å². The Morgan fingerprint density at radius 2 is 2.11 bits per heavy atom. The molecule has 0 aromatic heterocycles. The molecule has 1 aromatic carbocycles. The van der Waals surface area contributed by atoms with E-state index >= 15 is 0 Å². The van der Waals surface area contributed by atoms with E-state index < -0.39 is 6.09 Å². The van der Waals surface area contributed by atoms with Gasteiger partial charge in [0.05, 0.1) is 0 Å². The molecule has 0 saturated carbocycles. The lowest BCUT2D eigenvalue weighted by molar-refractivity contribution is 0.132. The molecule has 1 heterocycles. The smallest absolute Gasteiger partial charge is 0.407 e. The first-order chi connectivity index (χ1) is 8.99. The number of nitrogens with zero attached hydrogens (tertiary/aromatic N) is 1. The second-order valence-electron chi connectivity index (χ2n) is 5.11. The molecule has 104 valence electrons. The van der Waals surface area contributed by atoms with Crippen LogP contribution in [0.3, 0.4) is 0 Å². The lowest BCUT2D eigenvalue weighted by Crippen LogP contribution is -2.37.